The van der Waals surface area contributed by atoms with Crippen LogP contribution < -0.4 is 15.4 Å². The second-order valence-electron chi connectivity index (χ2n) is 6.70. The van der Waals surface area contributed by atoms with E-state index in [1.54, 1.807) is 6.07 Å². The number of benzene rings is 2. The molecule has 7 nitrogen and oxygen atoms in total. The number of methoxy groups -OCH3 is 1. The number of amides is 4. The first kappa shape index (κ1) is 19.4. The molecule has 2 aromatic carbocycles. The third-order valence-electron chi connectivity index (χ3n) is 4.58. The third-order valence-corrected chi connectivity index (χ3v) is 4.58. The minimum absolute atomic E-state index is 0.104. The molecule has 1 fully saturated rings. The van der Waals surface area contributed by atoms with Crippen molar-refractivity contribution in [1.82, 2.24) is 10.2 Å². The van der Waals surface area contributed by atoms with Gasteiger partial charge < -0.3 is 15.4 Å². The van der Waals surface area contributed by atoms with E-state index in [1.807, 2.05) is 49.4 Å². The molecule has 0 radical (unpaired) electrons. The lowest BCUT2D eigenvalue weighted by atomic mass is 10.1. The quantitative estimate of drug-likeness (QED) is 0.722. The van der Waals surface area contributed by atoms with Gasteiger partial charge in [0, 0.05) is 6.42 Å². The Labute approximate surface area is 163 Å². The molecule has 0 bridgehead atoms. The number of anilines is 1. The molecule has 2 N–H and O–H groups in total. The van der Waals surface area contributed by atoms with Crippen LogP contribution in [0.15, 0.2) is 48.5 Å². The maximum atomic E-state index is 12.5. The van der Waals surface area contributed by atoms with Crippen LogP contribution in [0.1, 0.15) is 24.0 Å². The normalized spacial score (nSPS) is 16.1. The van der Waals surface area contributed by atoms with E-state index < -0.39 is 12.1 Å². The zero-order chi connectivity index (χ0) is 20.1. The van der Waals surface area contributed by atoms with Gasteiger partial charge >= 0.3 is 6.03 Å². The average Bonchev–Trinajstić information content (AvgIpc) is 2.95. The maximum Gasteiger partial charge on any atom is 0.325 e. The number of carbonyl (C=O) groups is 3. The Balaban J connectivity index is 1.56. The minimum atomic E-state index is -0.693. The number of carbonyl (C=O) groups excluding carboxylic acids is 3. The highest BCUT2D eigenvalue weighted by atomic mass is 16.5. The first-order valence-corrected chi connectivity index (χ1v) is 9.08. The molecule has 1 aliphatic heterocycles. The summed E-state index contributed by atoms with van der Waals surface area (Å²) in [6, 6.07) is 13.7. The molecule has 1 atom stereocenters. The number of ether oxygens (including phenoxy) is 1. The molecular formula is C21H23N3O4. The van der Waals surface area contributed by atoms with Gasteiger partial charge in [0.1, 0.15) is 11.8 Å². The van der Waals surface area contributed by atoms with Crippen LogP contribution in [0.2, 0.25) is 0 Å². The van der Waals surface area contributed by atoms with Crippen molar-refractivity contribution in [2.75, 3.05) is 12.4 Å². The fourth-order valence-corrected chi connectivity index (χ4v) is 3.10. The van der Waals surface area contributed by atoms with Crippen molar-refractivity contribution in [3.63, 3.8) is 0 Å². The minimum Gasteiger partial charge on any atom is -0.495 e. The number of rotatable bonds is 7. The molecule has 146 valence electrons. The first-order valence-electron chi connectivity index (χ1n) is 9.08. The number of nitrogens with zero attached hydrogens (tertiary/aromatic N) is 1. The Morgan fingerprint density at radius 2 is 1.93 bits per heavy atom. The largest absolute Gasteiger partial charge is 0.495 e. The number of hydrogen-bond acceptors (Lipinski definition) is 4. The fraction of sp³-hybridized carbons (Fsp3) is 0.286. The van der Waals surface area contributed by atoms with Crippen LogP contribution in [-0.4, -0.2) is 35.9 Å². The van der Waals surface area contributed by atoms with Gasteiger partial charge in [-0.2, -0.15) is 0 Å². The molecule has 28 heavy (non-hydrogen) atoms. The van der Waals surface area contributed by atoms with Gasteiger partial charge in [-0.25, -0.2) is 4.79 Å². The Morgan fingerprint density at radius 3 is 2.64 bits per heavy atom. The molecule has 1 saturated heterocycles. The highest BCUT2D eigenvalue weighted by molar-refractivity contribution is 6.04. The number of nitrogens with one attached hydrogen (secondary N) is 2. The van der Waals surface area contributed by atoms with Crippen LogP contribution in [-0.2, 0) is 16.1 Å². The maximum absolute atomic E-state index is 12.5. The summed E-state index contributed by atoms with van der Waals surface area (Å²) in [7, 11) is 1.54. The average molecular weight is 381 g/mol. The van der Waals surface area contributed by atoms with Gasteiger partial charge in [-0.15, -0.1) is 0 Å². The highest BCUT2D eigenvalue weighted by Gasteiger charge is 2.37. The van der Waals surface area contributed by atoms with Crippen molar-refractivity contribution in [2.45, 2.75) is 32.4 Å². The number of aryl methyl sites for hydroxylation is 1. The summed E-state index contributed by atoms with van der Waals surface area (Å²) in [5.74, 6) is 0.0143. The SMILES string of the molecule is COc1ccc(C)cc1NC(=O)CC[C@H]1NC(=O)N(Cc2ccccc2)C1=O. The van der Waals surface area contributed by atoms with E-state index in [0.717, 1.165) is 11.1 Å². The van der Waals surface area contributed by atoms with Crippen LogP contribution in [0.25, 0.3) is 0 Å². The Bertz CT molecular complexity index is 882. The van der Waals surface area contributed by atoms with Crippen molar-refractivity contribution in [3.8, 4) is 5.75 Å². The predicted molar refractivity (Wildman–Crippen MR) is 105 cm³/mol. The molecule has 0 aromatic heterocycles. The number of urea groups is 1. The molecule has 1 aliphatic rings. The Kier molecular flexibility index (Phi) is 5.93. The summed E-state index contributed by atoms with van der Waals surface area (Å²) in [5.41, 5.74) is 2.45. The second-order valence-corrected chi connectivity index (χ2v) is 6.70. The molecule has 0 unspecified atom stereocenters. The predicted octanol–water partition coefficient (Wildman–Crippen LogP) is 2.84. The molecule has 0 spiro atoms. The van der Waals surface area contributed by atoms with Crippen LogP contribution in [0.3, 0.4) is 0 Å². The van der Waals surface area contributed by atoms with Gasteiger partial charge in [-0.05, 0) is 36.6 Å². The lowest BCUT2D eigenvalue weighted by Gasteiger charge is -2.13. The summed E-state index contributed by atoms with van der Waals surface area (Å²) in [6.45, 7) is 2.14. The van der Waals surface area contributed by atoms with E-state index in [-0.39, 0.29) is 31.2 Å². The molecule has 4 amide bonds. The van der Waals surface area contributed by atoms with Gasteiger partial charge in [-0.1, -0.05) is 36.4 Å². The molecule has 3 rings (SSSR count). The van der Waals surface area contributed by atoms with E-state index in [9.17, 15) is 14.4 Å². The summed E-state index contributed by atoms with van der Waals surface area (Å²) in [5, 5.41) is 5.46. The van der Waals surface area contributed by atoms with E-state index in [4.69, 9.17) is 4.74 Å². The lowest BCUT2D eigenvalue weighted by Crippen LogP contribution is -2.31. The van der Waals surface area contributed by atoms with Crippen LogP contribution in [0.4, 0.5) is 10.5 Å². The topological polar surface area (TPSA) is 87.7 Å². The smallest absolute Gasteiger partial charge is 0.325 e. The Morgan fingerprint density at radius 1 is 1.18 bits per heavy atom. The van der Waals surface area contributed by atoms with Crippen molar-refractivity contribution in [2.24, 2.45) is 0 Å². The van der Waals surface area contributed by atoms with Crippen molar-refractivity contribution in [3.05, 3.63) is 59.7 Å². The fourth-order valence-electron chi connectivity index (χ4n) is 3.10. The van der Waals surface area contributed by atoms with E-state index in [1.165, 1.54) is 12.0 Å². The van der Waals surface area contributed by atoms with E-state index in [0.29, 0.717) is 11.4 Å². The molecular weight excluding hydrogens is 358 g/mol. The monoisotopic (exact) mass is 381 g/mol. The van der Waals surface area contributed by atoms with Crippen LogP contribution in [0.5, 0.6) is 5.75 Å². The molecule has 2 aromatic rings. The van der Waals surface area contributed by atoms with Crippen LogP contribution >= 0.6 is 0 Å². The van der Waals surface area contributed by atoms with Crippen LogP contribution in [0, 0.1) is 6.92 Å². The van der Waals surface area contributed by atoms with E-state index in [2.05, 4.69) is 10.6 Å². The molecule has 7 heteroatoms. The standard InChI is InChI=1S/C21H23N3O4/c1-14-8-10-18(28-2)17(12-14)22-19(25)11-9-16-20(26)24(21(27)23-16)13-15-6-4-3-5-7-15/h3-8,10,12,16H,9,11,13H2,1-2H3,(H,22,25)(H,23,27)/t16-/m1/s1. The summed E-state index contributed by atoms with van der Waals surface area (Å²) >= 11 is 0. The lowest BCUT2D eigenvalue weighted by molar-refractivity contribution is -0.128. The molecule has 0 saturated carbocycles. The van der Waals surface area contributed by atoms with Crippen molar-refractivity contribution in [1.29, 1.82) is 0 Å². The number of hydrogen-bond donors (Lipinski definition) is 2. The van der Waals surface area contributed by atoms with Gasteiger partial charge in [-0.3, -0.25) is 14.5 Å². The third kappa shape index (κ3) is 4.49. The van der Waals surface area contributed by atoms with Gasteiger partial charge in [0.25, 0.3) is 5.91 Å². The van der Waals surface area contributed by atoms with Crippen molar-refractivity contribution < 1.29 is 19.1 Å². The zero-order valence-corrected chi connectivity index (χ0v) is 15.9. The van der Waals surface area contributed by atoms with Gasteiger partial charge in [0.15, 0.2) is 0 Å². The summed E-state index contributed by atoms with van der Waals surface area (Å²) in [4.78, 5) is 38.1. The Hall–Kier alpha value is -3.35. The molecule has 1 heterocycles. The number of imide groups is 1. The zero-order valence-electron chi connectivity index (χ0n) is 15.9. The second kappa shape index (κ2) is 8.56. The summed E-state index contributed by atoms with van der Waals surface area (Å²) < 4.78 is 5.25. The summed E-state index contributed by atoms with van der Waals surface area (Å²) in [6.07, 6.45) is 0.336. The first-order chi connectivity index (χ1) is 13.5. The van der Waals surface area contributed by atoms with Gasteiger partial charge in [0.05, 0.1) is 19.3 Å². The van der Waals surface area contributed by atoms with Gasteiger partial charge in [0.2, 0.25) is 5.91 Å². The van der Waals surface area contributed by atoms with E-state index >= 15 is 0 Å². The molecule has 0 aliphatic carbocycles. The highest BCUT2D eigenvalue weighted by Crippen LogP contribution is 2.25. The van der Waals surface area contributed by atoms with Crippen molar-refractivity contribution >= 4 is 23.5 Å².